The van der Waals surface area contributed by atoms with Gasteiger partial charge < -0.3 is 25.3 Å². The van der Waals surface area contributed by atoms with E-state index in [1.807, 2.05) is 6.07 Å². The molecule has 3 N–H and O–H groups in total. The maximum Gasteiger partial charge on any atom is 0.206 e. The molecule has 0 spiro atoms. The van der Waals surface area contributed by atoms with Crippen molar-refractivity contribution in [3.8, 4) is 23.3 Å². The predicted octanol–water partition coefficient (Wildman–Crippen LogP) is 2.92. The van der Waals surface area contributed by atoms with E-state index in [9.17, 15) is 0 Å². The van der Waals surface area contributed by atoms with Crippen LogP contribution in [0.5, 0.6) is 17.2 Å². The molecule has 0 aliphatic carbocycles. The summed E-state index contributed by atoms with van der Waals surface area (Å²) in [5.41, 5.74) is 7.17. The van der Waals surface area contributed by atoms with Crippen LogP contribution in [0.1, 0.15) is 17.2 Å². The standard InChI is InChI=1S/C18H16FN3O3S/c1-23-13-8-12(14(19)17-16(13)24-6-7-25-17)15(18(21)26)22-11-4-2-10(9-20)3-5-11/h2-5,8,15,22H,6-7H2,1H3,(H2,21,26). The third-order valence-electron chi connectivity index (χ3n) is 3.89. The zero-order chi connectivity index (χ0) is 18.7. The third-order valence-corrected chi connectivity index (χ3v) is 4.12. The number of methoxy groups -OCH3 is 1. The van der Waals surface area contributed by atoms with Gasteiger partial charge in [0.15, 0.2) is 11.6 Å². The summed E-state index contributed by atoms with van der Waals surface area (Å²) < 4.78 is 31.2. The van der Waals surface area contributed by atoms with Gasteiger partial charge in [-0.15, -0.1) is 0 Å². The molecule has 1 atom stereocenters. The van der Waals surface area contributed by atoms with E-state index >= 15 is 4.39 Å². The first-order valence-electron chi connectivity index (χ1n) is 7.77. The van der Waals surface area contributed by atoms with Crippen molar-refractivity contribution >= 4 is 22.9 Å². The molecule has 1 aliphatic heterocycles. The lowest BCUT2D eigenvalue weighted by Crippen LogP contribution is -2.28. The number of hydrogen-bond acceptors (Lipinski definition) is 6. The number of nitrogens with one attached hydrogen (secondary N) is 1. The molecule has 0 amide bonds. The second-order valence-electron chi connectivity index (χ2n) is 5.51. The minimum absolute atomic E-state index is 0.0199. The Morgan fingerprint density at radius 1 is 1.31 bits per heavy atom. The molecule has 0 radical (unpaired) electrons. The van der Waals surface area contributed by atoms with Gasteiger partial charge in [0.2, 0.25) is 11.5 Å². The lowest BCUT2D eigenvalue weighted by atomic mass is 10.0. The molecule has 6 nitrogen and oxygen atoms in total. The average molecular weight is 373 g/mol. The molecule has 0 saturated heterocycles. The number of nitriles is 1. The fourth-order valence-corrected chi connectivity index (χ4v) is 2.82. The first-order chi connectivity index (χ1) is 12.5. The average Bonchev–Trinajstić information content (AvgIpc) is 2.67. The summed E-state index contributed by atoms with van der Waals surface area (Å²) in [6, 6.07) is 9.38. The molecular weight excluding hydrogens is 357 g/mol. The quantitative estimate of drug-likeness (QED) is 0.779. The van der Waals surface area contributed by atoms with Gasteiger partial charge in [0.05, 0.1) is 18.7 Å². The van der Waals surface area contributed by atoms with Gasteiger partial charge >= 0.3 is 0 Å². The van der Waals surface area contributed by atoms with E-state index < -0.39 is 11.9 Å². The number of anilines is 1. The number of nitrogens with zero attached hydrogens (tertiary/aromatic N) is 1. The van der Waals surface area contributed by atoms with Crippen LogP contribution >= 0.6 is 12.2 Å². The molecule has 26 heavy (non-hydrogen) atoms. The van der Waals surface area contributed by atoms with Crippen LogP contribution in [0.25, 0.3) is 0 Å². The Morgan fingerprint density at radius 2 is 1.96 bits per heavy atom. The van der Waals surface area contributed by atoms with Crippen LogP contribution in [-0.2, 0) is 0 Å². The highest BCUT2D eigenvalue weighted by molar-refractivity contribution is 7.80. The molecule has 0 bridgehead atoms. The van der Waals surface area contributed by atoms with Crippen molar-refractivity contribution < 1.29 is 18.6 Å². The summed E-state index contributed by atoms with van der Waals surface area (Å²) in [6.07, 6.45) is 0. The van der Waals surface area contributed by atoms with Gasteiger partial charge in [-0.05, 0) is 30.3 Å². The fraction of sp³-hybridized carbons (Fsp3) is 0.222. The Balaban J connectivity index is 2.02. The van der Waals surface area contributed by atoms with Crippen LogP contribution in [0.15, 0.2) is 30.3 Å². The molecule has 2 aromatic carbocycles. The predicted molar refractivity (Wildman–Crippen MR) is 98.2 cm³/mol. The first kappa shape index (κ1) is 17.8. The number of fused-ring (bicyclic) bond motifs is 1. The van der Waals surface area contributed by atoms with Crippen LogP contribution in [-0.4, -0.2) is 25.3 Å². The lowest BCUT2D eigenvalue weighted by Gasteiger charge is -2.25. The van der Waals surface area contributed by atoms with Crippen molar-refractivity contribution in [3.63, 3.8) is 0 Å². The van der Waals surface area contributed by atoms with E-state index in [4.69, 9.17) is 37.4 Å². The van der Waals surface area contributed by atoms with Gasteiger partial charge in [-0.1, -0.05) is 12.2 Å². The van der Waals surface area contributed by atoms with E-state index in [2.05, 4.69) is 5.32 Å². The third kappa shape index (κ3) is 3.34. The highest BCUT2D eigenvalue weighted by atomic mass is 32.1. The summed E-state index contributed by atoms with van der Waals surface area (Å²) >= 11 is 5.12. The molecule has 0 aromatic heterocycles. The number of rotatable bonds is 5. The number of benzene rings is 2. The highest BCUT2D eigenvalue weighted by Gasteiger charge is 2.29. The maximum atomic E-state index is 15.0. The van der Waals surface area contributed by atoms with Crippen molar-refractivity contribution in [1.29, 1.82) is 5.26 Å². The minimum Gasteiger partial charge on any atom is -0.493 e. The molecule has 0 fully saturated rings. The summed E-state index contributed by atoms with van der Waals surface area (Å²) in [4.78, 5) is 0.0481. The van der Waals surface area contributed by atoms with Crippen molar-refractivity contribution in [2.75, 3.05) is 25.6 Å². The van der Waals surface area contributed by atoms with Crippen LogP contribution in [0.3, 0.4) is 0 Å². The van der Waals surface area contributed by atoms with Crippen LogP contribution in [0.4, 0.5) is 10.1 Å². The molecule has 1 heterocycles. The number of ether oxygens (including phenoxy) is 3. The van der Waals surface area contributed by atoms with Crippen molar-refractivity contribution in [2.45, 2.75) is 6.04 Å². The van der Waals surface area contributed by atoms with Gasteiger partial charge in [0.1, 0.15) is 24.2 Å². The summed E-state index contributed by atoms with van der Waals surface area (Å²) in [6.45, 7) is 0.543. The second kappa shape index (κ2) is 7.45. The van der Waals surface area contributed by atoms with E-state index in [1.54, 1.807) is 24.3 Å². The summed E-state index contributed by atoms with van der Waals surface area (Å²) in [5.74, 6) is -0.0769. The Kier molecular flexibility index (Phi) is 5.09. The van der Waals surface area contributed by atoms with Gasteiger partial charge in [-0.3, -0.25) is 0 Å². The van der Waals surface area contributed by atoms with Gasteiger partial charge in [0, 0.05) is 11.3 Å². The molecular formula is C18H16FN3O3S. The smallest absolute Gasteiger partial charge is 0.206 e. The van der Waals surface area contributed by atoms with E-state index in [1.165, 1.54) is 13.2 Å². The topological polar surface area (TPSA) is 89.5 Å². The number of thiocarbonyl (C=S) groups is 1. The van der Waals surface area contributed by atoms with Crippen molar-refractivity contribution in [2.24, 2.45) is 5.73 Å². The maximum absolute atomic E-state index is 15.0. The fourth-order valence-electron chi connectivity index (χ4n) is 2.64. The highest BCUT2D eigenvalue weighted by Crippen LogP contribution is 2.44. The Hall–Kier alpha value is -3.05. The SMILES string of the molecule is COc1cc(C(Nc2ccc(C#N)cc2)C(N)=S)c(F)c2c1OCCO2. The summed E-state index contributed by atoms with van der Waals surface area (Å²) in [7, 11) is 1.46. The molecule has 1 aliphatic rings. The minimum atomic E-state index is -0.803. The van der Waals surface area contributed by atoms with E-state index in [0.29, 0.717) is 23.6 Å². The first-order valence-corrected chi connectivity index (χ1v) is 8.18. The van der Waals surface area contributed by atoms with Gasteiger partial charge in [-0.25, -0.2) is 4.39 Å². The van der Waals surface area contributed by atoms with Gasteiger partial charge in [0.25, 0.3) is 0 Å². The van der Waals surface area contributed by atoms with E-state index in [-0.39, 0.29) is 28.7 Å². The molecule has 0 saturated carbocycles. The molecule has 1 unspecified atom stereocenters. The second-order valence-corrected chi connectivity index (χ2v) is 5.98. The molecule has 8 heteroatoms. The molecule has 2 aromatic rings. The lowest BCUT2D eigenvalue weighted by molar-refractivity contribution is 0.157. The number of halogens is 1. The monoisotopic (exact) mass is 373 g/mol. The summed E-state index contributed by atoms with van der Waals surface area (Å²) in [5, 5.41) is 12.0. The van der Waals surface area contributed by atoms with E-state index in [0.717, 1.165) is 0 Å². The van der Waals surface area contributed by atoms with Crippen LogP contribution in [0.2, 0.25) is 0 Å². The molecule has 3 rings (SSSR count). The van der Waals surface area contributed by atoms with Gasteiger partial charge in [-0.2, -0.15) is 5.26 Å². The zero-order valence-electron chi connectivity index (χ0n) is 13.9. The van der Waals surface area contributed by atoms with Crippen molar-refractivity contribution in [3.05, 3.63) is 47.3 Å². The normalized spacial score (nSPS) is 13.4. The van der Waals surface area contributed by atoms with Crippen LogP contribution < -0.4 is 25.3 Å². The van der Waals surface area contributed by atoms with Crippen molar-refractivity contribution in [1.82, 2.24) is 0 Å². The largest absolute Gasteiger partial charge is 0.493 e. The molecule has 134 valence electrons. The Labute approximate surface area is 155 Å². The number of hydrogen-bond donors (Lipinski definition) is 2. The Bertz CT molecular complexity index is 881. The Morgan fingerprint density at radius 3 is 2.54 bits per heavy atom. The number of nitrogens with two attached hydrogens (primary N) is 1. The van der Waals surface area contributed by atoms with Crippen LogP contribution in [0, 0.1) is 17.1 Å². The zero-order valence-corrected chi connectivity index (χ0v) is 14.7.